The van der Waals surface area contributed by atoms with Gasteiger partial charge in [0.15, 0.2) is 0 Å². The third kappa shape index (κ3) is 6.94. The van der Waals surface area contributed by atoms with E-state index in [4.69, 9.17) is 9.47 Å². The van der Waals surface area contributed by atoms with Crippen molar-refractivity contribution in [3.63, 3.8) is 0 Å². The largest absolute Gasteiger partial charge is 0.481 e. The normalized spacial score (nSPS) is 20.5. The molecule has 2 amide bonds. The van der Waals surface area contributed by atoms with E-state index in [1.165, 1.54) is 12.0 Å². The van der Waals surface area contributed by atoms with Gasteiger partial charge in [0.2, 0.25) is 11.8 Å². The number of rotatable bonds is 7. The van der Waals surface area contributed by atoms with Gasteiger partial charge in [-0.25, -0.2) is 13.8 Å². The van der Waals surface area contributed by atoms with E-state index in [9.17, 15) is 23.2 Å². The van der Waals surface area contributed by atoms with Crippen molar-refractivity contribution in [2.24, 2.45) is 11.8 Å². The van der Waals surface area contributed by atoms with Crippen molar-refractivity contribution in [3.8, 4) is 5.88 Å². The number of aromatic nitrogens is 1. The summed E-state index contributed by atoms with van der Waals surface area (Å²) in [7, 11) is -0.808. The molecule has 1 atom stereocenters. The number of hydrogen-bond acceptors (Lipinski definition) is 6. The van der Waals surface area contributed by atoms with Crippen molar-refractivity contribution >= 4 is 36.7 Å². The topological polar surface area (TPSA) is 97.8 Å². The number of nitrogens with one attached hydrogen (secondary N) is 1. The second-order valence-corrected chi connectivity index (χ2v) is 18.0. The van der Waals surface area contributed by atoms with Gasteiger partial charge in [-0.1, -0.05) is 19.6 Å². The number of halogens is 2. The van der Waals surface area contributed by atoms with E-state index in [-0.39, 0.29) is 47.6 Å². The lowest BCUT2D eigenvalue weighted by Crippen LogP contribution is -2.50. The fraction of sp³-hybridized carbons (Fsp3) is 0.533. The van der Waals surface area contributed by atoms with Crippen LogP contribution in [0.4, 0.5) is 14.5 Å². The van der Waals surface area contributed by atoms with Crippen molar-refractivity contribution < 1.29 is 32.6 Å². The SMILES string of the molecule is COc1ccc2c(n1)CCN(C(=O)[C@H]1C[C@@H](CC(=O)OC(C)(C)C)C1)[C@H]2C(=O)Nc1cc(F)c([Si](C)(C)C)c(F)c1. The number of pyridine rings is 1. The Kier molecular flexibility index (Phi) is 8.59. The minimum atomic E-state index is -2.30. The fourth-order valence-corrected chi connectivity index (χ4v) is 7.21. The summed E-state index contributed by atoms with van der Waals surface area (Å²) < 4.78 is 40.5. The maximum atomic E-state index is 14.9. The first-order valence-corrected chi connectivity index (χ1v) is 17.4. The van der Waals surface area contributed by atoms with Crippen LogP contribution in [0.1, 0.15) is 57.3 Å². The van der Waals surface area contributed by atoms with Crippen LogP contribution in [0.15, 0.2) is 24.3 Å². The van der Waals surface area contributed by atoms with Crippen LogP contribution in [0.2, 0.25) is 19.6 Å². The molecule has 222 valence electrons. The number of amides is 2. The monoisotopic (exact) mass is 587 g/mol. The van der Waals surface area contributed by atoms with Crippen LogP contribution in [0.3, 0.4) is 0 Å². The van der Waals surface area contributed by atoms with Crippen molar-refractivity contribution in [3.05, 3.63) is 47.2 Å². The number of benzene rings is 1. The summed E-state index contributed by atoms with van der Waals surface area (Å²) in [4.78, 5) is 45.6. The molecular formula is C30H39F2N3O5Si. The molecule has 8 nitrogen and oxygen atoms in total. The van der Waals surface area contributed by atoms with E-state index in [1.54, 1.807) is 12.1 Å². The van der Waals surface area contributed by atoms with Crippen LogP contribution in [0.25, 0.3) is 0 Å². The van der Waals surface area contributed by atoms with Crippen LogP contribution in [0.5, 0.6) is 5.88 Å². The highest BCUT2D eigenvalue weighted by Gasteiger charge is 2.44. The fourth-order valence-electron chi connectivity index (χ4n) is 5.63. The zero-order valence-electron chi connectivity index (χ0n) is 24.8. The number of esters is 1. The molecule has 0 unspecified atom stereocenters. The van der Waals surface area contributed by atoms with Crippen LogP contribution < -0.4 is 15.2 Å². The molecule has 41 heavy (non-hydrogen) atoms. The number of fused-ring (bicyclic) bond motifs is 1. The van der Waals surface area contributed by atoms with E-state index >= 15 is 0 Å². The molecule has 11 heteroatoms. The standard InChI is InChI=1S/C30H39F2N3O5Si/c1-30(2,3)40-25(36)14-17-12-18(13-17)29(38)35-11-10-23-20(8-9-24(34-23)39-4)26(35)28(37)33-19-15-21(31)27(22(32)16-19)41(5,6)7/h8-9,15-18,26H,10-14H2,1-7H3,(H,33,37)/t17-,18+,26-/m1/s1. The summed E-state index contributed by atoms with van der Waals surface area (Å²) >= 11 is 0. The zero-order chi connectivity index (χ0) is 30.3. The Hall–Kier alpha value is -3.34. The minimum Gasteiger partial charge on any atom is -0.481 e. The Morgan fingerprint density at radius 3 is 2.29 bits per heavy atom. The second-order valence-electron chi connectivity index (χ2n) is 13.0. The highest BCUT2D eigenvalue weighted by molar-refractivity contribution is 6.88. The summed E-state index contributed by atoms with van der Waals surface area (Å²) in [5.74, 6) is -2.40. The Morgan fingerprint density at radius 2 is 1.73 bits per heavy atom. The third-order valence-electron chi connectivity index (χ3n) is 7.44. The van der Waals surface area contributed by atoms with E-state index in [2.05, 4.69) is 10.3 Å². The number of carbonyl (C=O) groups excluding carboxylic acids is 3. The lowest BCUT2D eigenvalue weighted by Gasteiger charge is -2.42. The number of hydrogen-bond donors (Lipinski definition) is 1. The van der Waals surface area contributed by atoms with Crippen molar-refractivity contribution in [2.75, 3.05) is 19.0 Å². The van der Waals surface area contributed by atoms with Gasteiger partial charge in [0.25, 0.3) is 5.91 Å². The van der Waals surface area contributed by atoms with Gasteiger partial charge < -0.3 is 19.7 Å². The van der Waals surface area contributed by atoms with Crippen molar-refractivity contribution in [2.45, 2.75) is 77.7 Å². The Balaban J connectivity index is 1.55. The van der Waals surface area contributed by atoms with Crippen LogP contribution >= 0.6 is 0 Å². The average molecular weight is 588 g/mol. The van der Waals surface area contributed by atoms with Gasteiger partial charge in [-0.2, -0.15) is 0 Å². The van der Waals surface area contributed by atoms with E-state index in [0.29, 0.717) is 36.4 Å². The molecular weight excluding hydrogens is 548 g/mol. The van der Waals surface area contributed by atoms with Gasteiger partial charge in [0.1, 0.15) is 23.3 Å². The molecule has 1 aromatic heterocycles. The number of carbonyl (C=O) groups is 3. The molecule has 2 heterocycles. The first kappa shape index (κ1) is 30.6. The van der Waals surface area contributed by atoms with Gasteiger partial charge in [-0.05, 0) is 57.7 Å². The third-order valence-corrected chi connectivity index (χ3v) is 9.42. The molecule has 0 spiro atoms. The summed E-state index contributed by atoms with van der Waals surface area (Å²) in [6, 6.07) is 4.53. The number of nitrogens with zero attached hydrogens (tertiary/aromatic N) is 2. The van der Waals surface area contributed by atoms with Gasteiger partial charge in [-0.3, -0.25) is 14.4 Å². The lowest BCUT2D eigenvalue weighted by molar-refractivity contribution is -0.159. The van der Waals surface area contributed by atoms with Gasteiger partial charge in [0, 0.05) is 47.8 Å². The molecule has 0 radical (unpaired) electrons. The molecule has 1 N–H and O–H groups in total. The highest BCUT2D eigenvalue weighted by atomic mass is 28.3. The van der Waals surface area contributed by atoms with Crippen molar-refractivity contribution in [1.82, 2.24) is 9.88 Å². The summed E-state index contributed by atoms with van der Waals surface area (Å²) in [5.41, 5.74) is 0.563. The maximum Gasteiger partial charge on any atom is 0.306 e. The first-order valence-electron chi connectivity index (χ1n) is 13.9. The summed E-state index contributed by atoms with van der Waals surface area (Å²) in [6.07, 6.45) is 1.70. The Morgan fingerprint density at radius 1 is 1.10 bits per heavy atom. The van der Waals surface area contributed by atoms with Crippen molar-refractivity contribution in [1.29, 1.82) is 0 Å². The molecule has 2 aromatic rings. The number of anilines is 1. The predicted molar refractivity (Wildman–Crippen MR) is 154 cm³/mol. The molecule has 1 aliphatic carbocycles. The molecule has 2 aliphatic rings. The van der Waals surface area contributed by atoms with Crippen LogP contribution in [-0.2, 0) is 25.5 Å². The maximum absolute atomic E-state index is 14.9. The molecule has 1 aromatic carbocycles. The molecule has 4 rings (SSSR count). The predicted octanol–water partition coefficient (Wildman–Crippen LogP) is 4.74. The van der Waals surface area contributed by atoms with Gasteiger partial charge in [0.05, 0.1) is 20.9 Å². The Bertz CT molecular complexity index is 1330. The molecule has 0 bridgehead atoms. The molecule has 1 fully saturated rings. The number of ether oxygens (including phenoxy) is 2. The van der Waals surface area contributed by atoms with Crippen LogP contribution in [-0.4, -0.2) is 55.0 Å². The van der Waals surface area contributed by atoms with E-state index in [1.807, 2.05) is 40.4 Å². The molecule has 0 saturated heterocycles. The minimum absolute atomic E-state index is 0.0194. The Labute approximate surface area is 240 Å². The molecule has 1 aliphatic heterocycles. The van der Waals surface area contributed by atoms with Gasteiger partial charge >= 0.3 is 5.97 Å². The second kappa shape index (κ2) is 11.5. The summed E-state index contributed by atoms with van der Waals surface area (Å²) in [5, 5.41) is 2.71. The van der Waals surface area contributed by atoms with Crippen LogP contribution in [0, 0.1) is 23.5 Å². The average Bonchev–Trinajstić information content (AvgIpc) is 2.81. The first-order chi connectivity index (χ1) is 19.1. The smallest absolute Gasteiger partial charge is 0.306 e. The summed E-state index contributed by atoms with van der Waals surface area (Å²) in [6.45, 7) is 11.2. The van der Waals surface area contributed by atoms with Gasteiger partial charge in [-0.15, -0.1) is 0 Å². The van der Waals surface area contributed by atoms with E-state index in [0.717, 1.165) is 12.1 Å². The molecule has 1 saturated carbocycles. The number of methoxy groups -OCH3 is 1. The van der Waals surface area contributed by atoms with E-state index < -0.39 is 37.3 Å². The lowest BCUT2D eigenvalue weighted by atomic mass is 9.72. The quantitative estimate of drug-likeness (QED) is 0.372. The highest BCUT2D eigenvalue weighted by Crippen LogP contribution is 2.41. The zero-order valence-corrected chi connectivity index (χ0v) is 25.8.